The largest absolute Gasteiger partial charge is 0.424 e. The van der Waals surface area contributed by atoms with Gasteiger partial charge in [-0.2, -0.15) is 0 Å². The fourth-order valence-electron chi connectivity index (χ4n) is 2.05. The minimum absolute atomic E-state index is 0.0196. The Morgan fingerprint density at radius 2 is 1.94 bits per heavy atom. The number of aryl methyl sites for hydroxylation is 1. The van der Waals surface area contributed by atoms with E-state index in [2.05, 4.69) is 0 Å². The predicted molar refractivity (Wildman–Crippen MR) is 61.8 cm³/mol. The molecule has 1 aromatic heterocycles. The molecule has 1 aliphatic heterocycles. The number of ether oxygens (including phenoxy) is 1. The van der Waals surface area contributed by atoms with Crippen LogP contribution >= 0.6 is 0 Å². The molecule has 0 atom stereocenters. The maximum Gasteiger partial charge on any atom is 0.351 e. The van der Waals surface area contributed by atoms with E-state index in [0.717, 1.165) is 5.56 Å². The van der Waals surface area contributed by atoms with Crippen LogP contribution in [0.1, 0.15) is 22.3 Å². The second-order valence-corrected chi connectivity index (χ2v) is 4.12. The van der Waals surface area contributed by atoms with E-state index < -0.39 is 23.8 Å². The third kappa shape index (κ3) is 1.37. The number of esters is 1. The summed E-state index contributed by atoms with van der Waals surface area (Å²) in [5.41, 5.74) is 0.141. The standard InChI is InChI=1S/C13H8O5/c1-6-3-2-4-7-11(6)18-13(16)10-8(14)5-9(15)17-12(7)10/h2-4H,5H2,1H3. The second kappa shape index (κ2) is 3.53. The molecule has 18 heavy (non-hydrogen) atoms. The van der Waals surface area contributed by atoms with Gasteiger partial charge < -0.3 is 9.15 Å². The first-order chi connectivity index (χ1) is 8.58. The van der Waals surface area contributed by atoms with Crippen LogP contribution in [0.25, 0.3) is 11.0 Å². The van der Waals surface area contributed by atoms with Gasteiger partial charge in [0, 0.05) is 0 Å². The monoisotopic (exact) mass is 244 g/mol. The summed E-state index contributed by atoms with van der Waals surface area (Å²) in [4.78, 5) is 34.8. The van der Waals surface area contributed by atoms with Gasteiger partial charge in [0.15, 0.2) is 11.5 Å². The quantitative estimate of drug-likeness (QED) is 0.399. The zero-order valence-corrected chi connectivity index (χ0v) is 9.48. The maximum atomic E-state index is 11.8. The van der Waals surface area contributed by atoms with Crippen molar-refractivity contribution in [1.29, 1.82) is 0 Å². The van der Waals surface area contributed by atoms with E-state index in [1.807, 2.05) is 0 Å². The van der Waals surface area contributed by atoms with Crippen molar-refractivity contribution in [1.82, 2.24) is 0 Å². The lowest BCUT2D eigenvalue weighted by Crippen LogP contribution is -2.27. The molecule has 0 saturated carbocycles. The van der Waals surface area contributed by atoms with Crippen molar-refractivity contribution in [2.45, 2.75) is 13.3 Å². The minimum atomic E-state index is -0.760. The molecule has 0 saturated heterocycles. The summed E-state index contributed by atoms with van der Waals surface area (Å²) in [5.74, 6) is -1.19. The zero-order valence-electron chi connectivity index (χ0n) is 9.48. The van der Waals surface area contributed by atoms with Gasteiger partial charge in [0.2, 0.25) is 0 Å². The zero-order chi connectivity index (χ0) is 12.9. The molecule has 0 aliphatic carbocycles. The molecule has 0 N–H and O–H groups in total. The van der Waals surface area contributed by atoms with Crippen LogP contribution in [0.15, 0.2) is 27.4 Å². The smallest absolute Gasteiger partial charge is 0.351 e. The topological polar surface area (TPSA) is 73.6 Å². The van der Waals surface area contributed by atoms with Crippen LogP contribution in [0.2, 0.25) is 0 Å². The highest BCUT2D eigenvalue weighted by atomic mass is 16.5. The molecular formula is C13H8O5. The first-order valence-electron chi connectivity index (χ1n) is 5.38. The number of para-hydroxylation sites is 1. The van der Waals surface area contributed by atoms with Crippen LogP contribution in [0.3, 0.4) is 0 Å². The highest BCUT2D eigenvalue weighted by molar-refractivity contribution is 6.13. The predicted octanol–water partition coefficient (Wildman–Crippen LogP) is 1.59. The van der Waals surface area contributed by atoms with Gasteiger partial charge in [-0.15, -0.1) is 0 Å². The summed E-state index contributed by atoms with van der Waals surface area (Å²) >= 11 is 0. The van der Waals surface area contributed by atoms with Crippen molar-refractivity contribution in [2.75, 3.05) is 0 Å². The average Bonchev–Trinajstić information content (AvgIpc) is 2.30. The molecule has 2 heterocycles. The number of benzene rings is 1. The molecule has 3 rings (SSSR count). The summed E-state index contributed by atoms with van der Waals surface area (Å²) in [6, 6.07) is 5.16. The Kier molecular flexibility index (Phi) is 2.10. The van der Waals surface area contributed by atoms with E-state index >= 15 is 0 Å². The van der Waals surface area contributed by atoms with E-state index in [9.17, 15) is 14.4 Å². The summed E-state index contributed by atoms with van der Waals surface area (Å²) in [7, 11) is 0. The molecule has 0 fully saturated rings. The van der Waals surface area contributed by atoms with Crippen molar-refractivity contribution in [3.63, 3.8) is 0 Å². The third-order valence-corrected chi connectivity index (χ3v) is 2.88. The molecule has 1 aromatic carbocycles. The van der Waals surface area contributed by atoms with E-state index in [1.54, 1.807) is 25.1 Å². The molecule has 0 radical (unpaired) electrons. The number of hydrogen-bond acceptors (Lipinski definition) is 5. The Morgan fingerprint density at radius 3 is 2.72 bits per heavy atom. The van der Waals surface area contributed by atoms with Gasteiger partial charge in [-0.25, -0.2) is 4.79 Å². The molecule has 1 aliphatic rings. The Bertz CT molecular complexity index is 754. The van der Waals surface area contributed by atoms with E-state index in [-0.39, 0.29) is 11.3 Å². The molecule has 0 spiro atoms. The summed E-state index contributed by atoms with van der Waals surface area (Å²) < 4.78 is 10.2. The Balaban J connectivity index is 2.50. The lowest BCUT2D eigenvalue weighted by molar-refractivity contribution is -0.133. The molecule has 0 bridgehead atoms. The highest BCUT2D eigenvalue weighted by Gasteiger charge is 2.31. The molecule has 2 aromatic rings. The highest BCUT2D eigenvalue weighted by Crippen LogP contribution is 2.32. The van der Waals surface area contributed by atoms with Gasteiger partial charge in [0.1, 0.15) is 17.6 Å². The fourth-order valence-corrected chi connectivity index (χ4v) is 2.05. The lowest BCUT2D eigenvalue weighted by Gasteiger charge is -2.15. The van der Waals surface area contributed by atoms with Crippen LogP contribution < -0.4 is 10.4 Å². The van der Waals surface area contributed by atoms with Gasteiger partial charge in [-0.05, 0) is 18.6 Å². The number of carbonyl (C=O) groups excluding carboxylic acids is 2. The van der Waals surface area contributed by atoms with Gasteiger partial charge in [-0.1, -0.05) is 12.1 Å². The van der Waals surface area contributed by atoms with Gasteiger partial charge >= 0.3 is 11.6 Å². The summed E-state index contributed by atoms with van der Waals surface area (Å²) in [5, 5.41) is 0.464. The molecular weight excluding hydrogens is 236 g/mol. The fraction of sp³-hybridized carbons (Fsp3) is 0.154. The average molecular weight is 244 g/mol. The van der Waals surface area contributed by atoms with Crippen molar-refractivity contribution in [3.05, 3.63) is 39.7 Å². The van der Waals surface area contributed by atoms with Gasteiger partial charge in [0.25, 0.3) is 0 Å². The van der Waals surface area contributed by atoms with E-state index in [0.29, 0.717) is 11.0 Å². The number of rotatable bonds is 0. The first kappa shape index (κ1) is 10.7. The van der Waals surface area contributed by atoms with Crippen LogP contribution in [0.4, 0.5) is 0 Å². The molecule has 5 heteroatoms. The Morgan fingerprint density at radius 1 is 1.17 bits per heavy atom. The van der Waals surface area contributed by atoms with Gasteiger partial charge in [0.05, 0.1) is 5.39 Å². The van der Waals surface area contributed by atoms with Crippen molar-refractivity contribution < 1.29 is 18.7 Å². The second-order valence-electron chi connectivity index (χ2n) is 4.12. The van der Waals surface area contributed by atoms with Crippen LogP contribution in [-0.4, -0.2) is 11.8 Å². The normalized spacial score (nSPS) is 14.5. The lowest BCUT2D eigenvalue weighted by atomic mass is 10.0. The van der Waals surface area contributed by atoms with Gasteiger partial charge in [-0.3, -0.25) is 9.59 Å². The number of Topliss-reactive ketones (excluding diaryl/α,β-unsaturated/α-hetero) is 1. The number of hydrogen-bond donors (Lipinski definition) is 0. The number of ketones is 1. The SMILES string of the molecule is Cc1cccc2c3c(c(=O)oc12)C(=O)CC(=O)O3. The number of fused-ring (bicyclic) bond motifs is 3. The Labute approximate surface area is 101 Å². The van der Waals surface area contributed by atoms with Crippen molar-refractivity contribution in [3.8, 4) is 5.75 Å². The molecule has 5 nitrogen and oxygen atoms in total. The minimum Gasteiger partial charge on any atom is -0.424 e. The van der Waals surface area contributed by atoms with Crippen molar-refractivity contribution in [2.24, 2.45) is 0 Å². The Hall–Kier alpha value is -2.43. The van der Waals surface area contributed by atoms with Crippen LogP contribution in [0, 0.1) is 6.92 Å². The van der Waals surface area contributed by atoms with Crippen LogP contribution in [-0.2, 0) is 4.79 Å². The first-order valence-corrected chi connectivity index (χ1v) is 5.38. The summed E-state index contributed by atoms with van der Waals surface area (Å²) in [6.45, 7) is 1.77. The third-order valence-electron chi connectivity index (χ3n) is 2.88. The number of carbonyl (C=O) groups is 2. The summed E-state index contributed by atoms with van der Waals surface area (Å²) in [6.07, 6.45) is -0.422. The molecule has 0 unspecified atom stereocenters. The van der Waals surface area contributed by atoms with Crippen molar-refractivity contribution >= 4 is 22.7 Å². The van der Waals surface area contributed by atoms with E-state index in [1.165, 1.54) is 0 Å². The molecule has 0 amide bonds. The van der Waals surface area contributed by atoms with Crippen LogP contribution in [0.5, 0.6) is 5.75 Å². The van der Waals surface area contributed by atoms with E-state index in [4.69, 9.17) is 9.15 Å². The molecule has 90 valence electrons. The maximum absolute atomic E-state index is 11.8.